The first-order valence-electron chi connectivity index (χ1n) is 7.88. The van der Waals surface area contributed by atoms with Crippen molar-refractivity contribution >= 4 is 29.2 Å². The quantitative estimate of drug-likeness (QED) is 0.690. The van der Waals surface area contributed by atoms with Crippen LogP contribution in [0.5, 0.6) is 0 Å². The average molecular weight is 353 g/mol. The summed E-state index contributed by atoms with van der Waals surface area (Å²) in [6, 6.07) is -1.10. The third-order valence-corrected chi connectivity index (χ3v) is 5.07. The van der Waals surface area contributed by atoms with Gasteiger partial charge in [-0.15, -0.1) is 11.3 Å². The van der Waals surface area contributed by atoms with Crippen molar-refractivity contribution in [3.05, 3.63) is 15.6 Å². The number of nitrogens with zero attached hydrogens (tertiary/aromatic N) is 2. The number of hydrogen-bond acceptors (Lipinski definition) is 5. The maximum atomic E-state index is 12.4. The first-order chi connectivity index (χ1) is 11.4. The number of aromatic nitrogens is 1. The molecule has 1 atom stereocenters. The van der Waals surface area contributed by atoms with Gasteiger partial charge in [-0.2, -0.15) is 0 Å². The van der Waals surface area contributed by atoms with E-state index < -0.39 is 6.04 Å². The standard InChI is InChI=1S/C15H23N5O3S/c1-9-10(2)24-13(19-9)4-5-18-15(23)20-7-6-17-14(22)11(20)8-12(21)16-3/h11H,4-8H2,1-3H3,(H,16,21)(H,17,22)(H,18,23)/t11-/m1/s1. The minimum atomic E-state index is -0.775. The molecule has 24 heavy (non-hydrogen) atoms. The zero-order chi connectivity index (χ0) is 17.7. The molecule has 3 N–H and O–H groups in total. The van der Waals surface area contributed by atoms with E-state index in [2.05, 4.69) is 20.9 Å². The fourth-order valence-corrected chi connectivity index (χ4v) is 3.40. The molecule has 1 fully saturated rings. The van der Waals surface area contributed by atoms with Gasteiger partial charge in [-0.3, -0.25) is 9.59 Å². The molecule has 1 aromatic heterocycles. The monoisotopic (exact) mass is 353 g/mol. The maximum Gasteiger partial charge on any atom is 0.318 e. The Kier molecular flexibility index (Phi) is 6.13. The summed E-state index contributed by atoms with van der Waals surface area (Å²) in [5.41, 5.74) is 1.01. The number of carbonyl (C=O) groups is 3. The summed E-state index contributed by atoms with van der Waals surface area (Å²) in [4.78, 5) is 43.0. The molecule has 0 unspecified atom stereocenters. The highest BCUT2D eigenvalue weighted by Crippen LogP contribution is 2.16. The summed E-state index contributed by atoms with van der Waals surface area (Å²) in [6.07, 6.45) is 0.603. The molecule has 8 nitrogen and oxygen atoms in total. The molecular weight excluding hydrogens is 330 g/mol. The Hall–Kier alpha value is -2.16. The number of urea groups is 1. The fraction of sp³-hybridized carbons (Fsp3) is 0.600. The van der Waals surface area contributed by atoms with Gasteiger partial charge in [-0.05, 0) is 13.8 Å². The summed E-state index contributed by atoms with van der Waals surface area (Å²) in [6.45, 7) is 5.19. The number of aryl methyl sites for hydroxylation is 2. The van der Waals surface area contributed by atoms with Crippen LogP contribution < -0.4 is 16.0 Å². The minimum Gasteiger partial charge on any atom is -0.359 e. The van der Waals surface area contributed by atoms with Crippen LogP contribution in [0.15, 0.2) is 0 Å². The van der Waals surface area contributed by atoms with E-state index in [1.54, 1.807) is 11.3 Å². The van der Waals surface area contributed by atoms with Gasteiger partial charge in [0, 0.05) is 38.0 Å². The fourth-order valence-electron chi connectivity index (χ4n) is 2.46. The van der Waals surface area contributed by atoms with Crippen LogP contribution in [0.2, 0.25) is 0 Å². The SMILES string of the molecule is CNC(=O)C[C@@H]1C(=O)NCCN1C(=O)NCCc1nc(C)c(C)s1. The van der Waals surface area contributed by atoms with Crippen molar-refractivity contribution in [3.8, 4) is 0 Å². The van der Waals surface area contributed by atoms with Crippen molar-refractivity contribution in [2.75, 3.05) is 26.7 Å². The summed E-state index contributed by atoms with van der Waals surface area (Å²) in [5, 5.41) is 8.96. The van der Waals surface area contributed by atoms with Gasteiger partial charge in [0.15, 0.2) is 0 Å². The topological polar surface area (TPSA) is 103 Å². The lowest BCUT2D eigenvalue weighted by Gasteiger charge is -2.34. The molecular formula is C15H23N5O3S. The van der Waals surface area contributed by atoms with E-state index in [9.17, 15) is 14.4 Å². The van der Waals surface area contributed by atoms with Gasteiger partial charge in [0.25, 0.3) is 0 Å². The van der Waals surface area contributed by atoms with E-state index in [-0.39, 0.29) is 24.3 Å². The van der Waals surface area contributed by atoms with Crippen molar-refractivity contribution in [3.63, 3.8) is 0 Å². The zero-order valence-electron chi connectivity index (χ0n) is 14.1. The molecule has 1 aromatic rings. The molecule has 1 aliphatic heterocycles. The molecule has 2 heterocycles. The van der Waals surface area contributed by atoms with Crippen molar-refractivity contribution in [1.29, 1.82) is 0 Å². The molecule has 0 aromatic carbocycles. The minimum absolute atomic E-state index is 0.0410. The van der Waals surface area contributed by atoms with E-state index in [0.717, 1.165) is 10.7 Å². The Morgan fingerprint density at radius 2 is 2.17 bits per heavy atom. The smallest absolute Gasteiger partial charge is 0.318 e. The molecule has 1 aliphatic rings. The van der Waals surface area contributed by atoms with E-state index in [1.165, 1.54) is 16.8 Å². The van der Waals surface area contributed by atoms with Crippen LogP contribution in [0.3, 0.4) is 0 Å². The first kappa shape index (κ1) is 18.2. The molecule has 0 saturated carbocycles. The Morgan fingerprint density at radius 1 is 1.42 bits per heavy atom. The number of thiazole rings is 1. The second kappa shape index (κ2) is 8.09. The number of rotatable bonds is 5. The predicted octanol–water partition coefficient (Wildman–Crippen LogP) is -0.0515. The number of nitrogens with one attached hydrogen (secondary N) is 3. The van der Waals surface area contributed by atoms with Crippen LogP contribution in [0.1, 0.15) is 22.0 Å². The molecule has 2 rings (SSSR count). The van der Waals surface area contributed by atoms with Crippen molar-refractivity contribution in [2.45, 2.75) is 32.7 Å². The van der Waals surface area contributed by atoms with Gasteiger partial charge in [0.1, 0.15) is 6.04 Å². The predicted molar refractivity (Wildman–Crippen MR) is 90.9 cm³/mol. The summed E-state index contributed by atoms with van der Waals surface area (Å²) >= 11 is 1.62. The molecule has 9 heteroatoms. The van der Waals surface area contributed by atoms with Gasteiger partial charge in [0.2, 0.25) is 11.8 Å². The van der Waals surface area contributed by atoms with E-state index in [4.69, 9.17) is 0 Å². The van der Waals surface area contributed by atoms with Crippen LogP contribution in [-0.4, -0.2) is 60.5 Å². The van der Waals surface area contributed by atoms with Gasteiger partial charge < -0.3 is 20.9 Å². The summed E-state index contributed by atoms with van der Waals surface area (Å²) < 4.78 is 0. The highest BCUT2D eigenvalue weighted by Gasteiger charge is 2.34. The molecule has 0 aliphatic carbocycles. The van der Waals surface area contributed by atoms with Gasteiger partial charge in [-0.25, -0.2) is 9.78 Å². The van der Waals surface area contributed by atoms with Gasteiger partial charge in [-0.1, -0.05) is 0 Å². The second-order valence-electron chi connectivity index (χ2n) is 5.61. The third-order valence-electron chi connectivity index (χ3n) is 3.94. The third kappa shape index (κ3) is 4.44. The molecule has 0 radical (unpaired) electrons. The summed E-state index contributed by atoms with van der Waals surface area (Å²) in [5.74, 6) is -0.574. The second-order valence-corrected chi connectivity index (χ2v) is 6.90. The lowest BCUT2D eigenvalue weighted by molar-refractivity contribution is -0.132. The van der Waals surface area contributed by atoms with E-state index in [1.807, 2.05) is 13.8 Å². The lowest BCUT2D eigenvalue weighted by Crippen LogP contribution is -2.60. The Morgan fingerprint density at radius 3 is 2.79 bits per heavy atom. The van der Waals surface area contributed by atoms with Crippen LogP contribution >= 0.6 is 11.3 Å². The van der Waals surface area contributed by atoms with Crippen LogP contribution in [-0.2, 0) is 16.0 Å². The van der Waals surface area contributed by atoms with Crippen molar-refractivity contribution in [1.82, 2.24) is 25.8 Å². The number of amides is 4. The number of carbonyl (C=O) groups excluding carboxylic acids is 3. The molecule has 0 bridgehead atoms. The normalized spacial score (nSPS) is 17.4. The average Bonchev–Trinajstić information content (AvgIpc) is 2.87. The first-order valence-corrected chi connectivity index (χ1v) is 8.69. The van der Waals surface area contributed by atoms with Crippen molar-refractivity contribution in [2.24, 2.45) is 0 Å². The Bertz CT molecular complexity index is 611. The molecule has 1 saturated heterocycles. The van der Waals surface area contributed by atoms with Crippen LogP contribution in [0.4, 0.5) is 4.79 Å². The molecule has 4 amide bonds. The highest BCUT2D eigenvalue weighted by molar-refractivity contribution is 7.11. The maximum absolute atomic E-state index is 12.4. The van der Waals surface area contributed by atoms with E-state index >= 15 is 0 Å². The molecule has 132 valence electrons. The van der Waals surface area contributed by atoms with Gasteiger partial charge >= 0.3 is 6.03 Å². The summed E-state index contributed by atoms with van der Waals surface area (Å²) in [7, 11) is 1.51. The highest BCUT2D eigenvalue weighted by atomic mass is 32.1. The van der Waals surface area contributed by atoms with E-state index in [0.29, 0.717) is 26.1 Å². The number of hydrogen-bond donors (Lipinski definition) is 3. The van der Waals surface area contributed by atoms with Gasteiger partial charge in [0.05, 0.1) is 17.1 Å². The lowest BCUT2D eigenvalue weighted by atomic mass is 10.1. The van der Waals surface area contributed by atoms with Crippen molar-refractivity contribution < 1.29 is 14.4 Å². The Balaban J connectivity index is 1.90. The molecule has 0 spiro atoms. The van der Waals surface area contributed by atoms with Crippen LogP contribution in [0, 0.1) is 13.8 Å². The Labute approximate surface area is 145 Å². The number of piperazine rings is 1. The largest absolute Gasteiger partial charge is 0.359 e. The zero-order valence-corrected chi connectivity index (χ0v) is 15.0. The van der Waals surface area contributed by atoms with Crippen LogP contribution in [0.25, 0.3) is 0 Å².